The predicted molar refractivity (Wildman–Crippen MR) is 101 cm³/mol. The first-order valence-corrected chi connectivity index (χ1v) is 8.05. The van der Waals surface area contributed by atoms with Gasteiger partial charge in [0.2, 0.25) is 0 Å². The van der Waals surface area contributed by atoms with E-state index in [1.807, 2.05) is 50.2 Å². The molecule has 2 rings (SSSR count). The topological polar surface area (TPSA) is 58.2 Å². The van der Waals surface area contributed by atoms with E-state index in [9.17, 15) is 9.59 Å². The van der Waals surface area contributed by atoms with Gasteiger partial charge in [0, 0.05) is 12.1 Å². The summed E-state index contributed by atoms with van der Waals surface area (Å²) >= 11 is 0. The smallest absolute Gasteiger partial charge is 0.268 e. The number of aryl methyl sites for hydroxylation is 2. The second kappa shape index (κ2) is 8.64. The molecule has 0 bridgehead atoms. The van der Waals surface area contributed by atoms with Crippen molar-refractivity contribution in [3.63, 3.8) is 0 Å². The van der Waals surface area contributed by atoms with Gasteiger partial charge in [-0.1, -0.05) is 53.6 Å². The SMILES string of the molecule is C=CCNC(=O)/C(=C/c1ccc(C)cc1)NC(=O)c1ccc(C)cc1. The Balaban J connectivity index is 2.25. The molecule has 0 unspecified atom stereocenters. The molecule has 0 saturated carbocycles. The van der Waals surface area contributed by atoms with Crippen LogP contribution in [0.15, 0.2) is 66.9 Å². The van der Waals surface area contributed by atoms with E-state index in [-0.39, 0.29) is 17.5 Å². The largest absolute Gasteiger partial charge is 0.347 e. The van der Waals surface area contributed by atoms with E-state index in [4.69, 9.17) is 0 Å². The molecule has 0 aliphatic rings. The Morgan fingerprint density at radius 3 is 2.08 bits per heavy atom. The van der Waals surface area contributed by atoms with Crippen LogP contribution in [0.2, 0.25) is 0 Å². The molecule has 0 aliphatic heterocycles. The van der Waals surface area contributed by atoms with Gasteiger partial charge >= 0.3 is 0 Å². The van der Waals surface area contributed by atoms with Gasteiger partial charge in [-0.15, -0.1) is 6.58 Å². The lowest BCUT2D eigenvalue weighted by Gasteiger charge is -2.10. The van der Waals surface area contributed by atoms with Crippen LogP contribution in [-0.2, 0) is 4.79 Å². The van der Waals surface area contributed by atoms with Crippen LogP contribution < -0.4 is 10.6 Å². The van der Waals surface area contributed by atoms with Crippen molar-refractivity contribution in [1.82, 2.24) is 10.6 Å². The fraction of sp³-hybridized carbons (Fsp3) is 0.143. The van der Waals surface area contributed by atoms with Gasteiger partial charge in [-0.3, -0.25) is 9.59 Å². The quantitative estimate of drug-likeness (QED) is 0.628. The lowest BCUT2D eigenvalue weighted by molar-refractivity contribution is -0.117. The van der Waals surface area contributed by atoms with E-state index in [0.717, 1.165) is 16.7 Å². The number of benzene rings is 2. The Kier molecular flexibility index (Phi) is 6.29. The van der Waals surface area contributed by atoms with Crippen LogP contribution in [0, 0.1) is 13.8 Å². The normalized spacial score (nSPS) is 10.9. The summed E-state index contributed by atoms with van der Waals surface area (Å²) in [5.74, 6) is -0.687. The first-order valence-electron chi connectivity index (χ1n) is 8.05. The zero-order valence-electron chi connectivity index (χ0n) is 14.5. The van der Waals surface area contributed by atoms with Crippen molar-refractivity contribution in [3.05, 3.63) is 89.1 Å². The molecule has 128 valence electrons. The number of nitrogens with one attached hydrogen (secondary N) is 2. The van der Waals surface area contributed by atoms with E-state index < -0.39 is 0 Å². The summed E-state index contributed by atoms with van der Waals surface area (Å²) in [6.45, 7) is 7.85. The Bertz CT molecular complexity index is 788. The first kappa shape index (κ1) is 18.2. The number of amides is 2. The first-order chi connectivity index (χ1) is 12.0. The second-order valence-corrected chi connectivity index (χ2v) is 5.79. The average molecular weight is 334 g/mol. The lowest BCUT2D eigenvalue weighted by atomic mass is 10.1. The summed E-state index contributed by atoms with van der Waals surface area (Å²) in [6, 6.07) is 14.9. The molecule has 4 heteroatoms. The molecule has 0 radical (unpaired) electrons. The standard InChI is InChI=1S/C21H22N2O2/c1-4-13-22-21(25)19(14-17-9-5-15(2)6-10-17)23-20(24)18-11-7-16(3)8-12-18/h4-12,14H,1,13H2,2-3H3,(H,22,25)(H,23,24)/b19-14-. The summed E-state index contributed by atoms with van der Waals surface area (Å²) in [6.07, 6.45) is 3.24. The second-order valence-electron chi connectivity index (χ2n) is 5.79. The van der Waals surface area contributed by atoms with Crippen molar-refractivity contribution in [2.24, 2.45) is 0 Å². The van der Waals surface area contributed by atoms with E-state index in [0.29, 0.717) is 12.1 Å². The summed E-state index contributed by atoms with van der Waals surface area (Å²) in [4.78, 5) is 24.8. The molecule has 2 amide bonds. The number of hydrogen-bond donors (Lipinski definition) is 2. The maximum absolute atomic E-state index is 12.4. The third-order valence-corrected chi connectivity index (χ3v) is 3.60. The molecular weight excluding hydrogens is 312 g/mol. The van der Waals surface area contributed by atoms with Gasteiger partial charge in [0.1, 0.15) is 5.70 Å². The minimum absolute atomic E-state index is 0.191. The lowest BCUT2D eigenvalue weighted by Crippen LogP contribution is -2.34. The van der Waals surface area contributed by atoms with E-state index >= 15 is 0 Å². The molecular formula is C21H22N2O2. The molecule has 4 nitrogen and oxygen atoms in total. The van der Waals surface area contributed by atoms with Crippen LogP contribution in [0.4, 0.5) is 0 Å². The third-order valence-electron chi connectivity index (χ3n) is 3.60. The fourth-order valence-corrected chi connectivity index (χ4v) is 2.15. The monoisotopic (exact) mass is 334 g/mol. The molecule has 0 aromatic heterocycles. The van der Waals surface area contributed by atoms with Gasteiger partial charge in [-0.25, -0.2) is 0 Å². The highest BCUT2D eigenvalue weighted by Gasteiger charge is 2.14. The van der Waals surface area contributed by atoms with Crippen molar-refractivity contribution >= 4 is 17.9 Å². The van der Waals surface area contributed by atoms with Crippen LogP contribution in [0.25, 0.3) is 6.08 Å². The summed E-state index contributed by atoms with van der Waals surface area (Å²) < 4.78 is 0. The van der Waals surface area contributed by atoms with Crippen molar-refractivity contribution in [2.45, 2.75) is 13.8 Å². The van der Waals surface area contributed by atoms with Crippen molar-refractivity contribution < 1.29 is 9.59 Å². The minimum atomic E-state index is -0.360. The number of rotatable bonds is 6. The molecule has 0 atom stereocenters. The Morgan fingerprint density at radius 1 is 0.960 bits per heavy atom. The number of hydrogen-bond acceptors (Lipinski definition) is 2. The Labute approximate surface area is 148 Å². The van der Waals surface area contributed by atoms with Crippen LogP contribution in [-0.4, -0.2) is 18.4 Å². The molecule has 0 aliphatic carbocycles. The van der Waals surface area contributed by atoms with Crippen LogP contribution in [0.5, 0.6) is 0 Å². The molecule has 2 aromatic rings. The van der Waals surface area contributed by atoms with Crippen LogP contribution >= 0.6 is 0 Å². The van der Waals surface area contributed by atoms with Crippen LogP contribution in [0.3, 0.4) is 0 Å². The molecule has 0 saturated heterocycles. The zero-order chi connectivity index (χ0) is 18.2. The summed E-state index contributed by atoms with van der Waals surface area (Å²) in [5.41, 5.74) is 3.71. The maximum atomic E-state index is 12.4. The van der Waals surface area contributed by atoms with Crippen LogP contribution in [0.1, 0.15) is 27.0 Å². The van der Waals surface area contributed by atoms with Gasteiger partial charge < -0.3 is 10.6 Å². The van der Waals surface area contributed by atoms with E-state index in [1.54, 1.807) is 24.3 Å². The molecule has 2 aromatic carbocycles. The highest BCUT2D eigenvalue weighted by molar-refractivity contribution is 6.05. The van der Waals surface area contributed by atoms with Gasteiger partial charge in [0.05, 0.1) is 0 Å². The minimum Gasteiger partial charge on any atom is -0.347 e. The fourth-order valence-electron chi connectivity index (χ4n) is 2.15. The average Bonchev–Trinajstić information content (AvgIpc) is 2.61. The molecule has 25 heavy (non-hydrogen) atoms. The van der Waals surface area contributed by atoms with E-state index in [1.165, 1.54) is 0 Å². The van der Waals surface area contributed by atoms with Gasteiger partial charge in [-0.05, 0) is 37.6 Å². The van der Waals surface area contributed by atoms with Crippen molar-refractivity contribution in [2.75, 3.05) is 6.54 Å². The molecule has 2 N–H and O–H groups in total. The predicted octanol–water partition coefficient (Wildman–Crippen LogP) is 3.38. The molecule has 0 heterocycles. The number of carbonyl (C=O) groups is 2. The van der Waals surface area contributed by atoms with Gasteiger partial charge in [0.15, 0.2) is 0 Å². The van der Waals surface area contributed by atoms with Gasteiger partial charge in [0.25, 0.3) is 11.8 Å². The maximum Gasteiger partial charge on any atom is 0.268 e. The summed E-state index contributed by atoms with van der Waals surface area (Å²) in [5, 5.41) is 5.39. The number of carbonyl (C=O) groups excluding carboxylic acids is 2. The van der Waals surface area contributed by atoms with E-state index in [2.05, 4.69) is 17.2 Å². The molecule has 0 fully saturated rings. The Hall–Kier alpha value is -3.14. The van der Waals surface area contributed by atoms with Gasteiger partial charge in [-0.2, -0.15) is 0 Å². The third kappa shape index (κ3) is 5.46. The molecule has 0 spiro atoms. The van der Waals surface area contributed by atoms with Crippen molar-refractivity contribution in [3.8, 4) is 0 Å². The zero-order valence-corrected chi connectivity index (χ0v) is 14.5. The highest BCUT2D eigenvalue weighted by Crippen LogP contribution is 2.09. The summed E-state index contributed by atoms with van der Waals surface area (Å²) in [7, 11) is 0. The van der Waals surface area contributed by atoms with Crippen molar-refractivity contribution in [1.29, 1.82) is 0 Å². The highest BCUT2D eigenvalue weighted by atomic mass is 16.2. The Morgan fingerprint density at radius 2 is 1.52 bits per heavy atom.